The van der Waals surface area contributed by atoms with Crippen LogP contribution in [-0.2, 0) is 0 Å². The highest BCUT2D eigenvalue weighted by molar-refractivity contribution is 6.12. The quantitative estimate of drug-likeness (QED) is 0.397. The molecule has 0 aliphatic heterocycles. The number of amides is 2. The van der Waals surface area contributed by atoms with Crippen LogP contribution in [0.5, 0.6) is 0 Å². The van der Waals surface area contributed by atoms with Gasteiger partial charge >= 0.3 is 0 Å². The summed E-state index contributed by atoms with van der Waals surface area (Å²) in [5, 5.41) is 7.80. The molecular formula is C24H18N5O2+. The van der Waals surface area contributed by atoms with Gasteiger partial charge in [-0.2, -0.15) is 5.10 Å². The van der Waals surface area contributed by atoms with E-state index in [1.54, 1.807) is 29.1 Å². The van der Waals surface area contributed by atoms with E-state index in [0.29, 0.717) is 22.3 Å². The van der Waals surface area contributed by atoms with Gasteiger partial charge in [-0.15, -0.1) is 0 Å². The number of nitrogens with two attached hydrogens (primary N) is 1. The first kappa shape index (κ1) is 18.5. The minimum Gasteiger partial charge on any atom is -0.366 e. The number of aromatic amines is 1. The molecule has 0 unspecified atom stereocenters. The van der Waals surface area contributed by atoms with E-state index in [2.05, 4.69) is 15.4 Å². The molecule has 150 valence electrons. The van der Waals surface area contributed by atoms with E-state index in [4.69, 9.17) is 5.73 Å². The highest BCUT2D eigenvalue weighted by atomic mass is 16.2. The zero-order valence-corrected chi connectivity index (χ0v) is 16.4. The number of benzene rings is 3. The molecule has 0 aliphatic carbocycles. The van der Waals surface area contributed by atoms with Crippen molar-refractivity contribution in [2.75, 3.05) is 5.32 Å². The maximum absolute atomic E-state index is 12.8. The monoisotopic (exact) mass is 408 g/mol. The maximum Gasteiger partial charge on any atom is 0.256 e. The maximum atomic E-state index is 12.8. The fourth-order valence-corrected chi connectivity index (χ4v) is 3.64. The van der Waals surface area contributed by atoms with Crippen molar-refractivity contribution < 1.29 is 14.3 Å². The summed E-state index contributed by atoms with van der Waals surface area (Å²) in [5.74, 6) is -0.683. The first-order chi connectivity index (χ1) is 15.1. The number of carbonyl (C=O) groups is 2. The predicted molar refractivity (Wildman–Crippen MR) is 118 cm³/mol. The van der Waals surface area contributed by atoms with Gasteiger partial charge in [-0.25, -0.2) is 0 Å². The average Bonchev–Trinajstić information content (AvgIpc) is 3.23. The Labute approximate surface area is 177 Å². The number of hydrogen-bond acceptors (Lipinski definition) is 3. The van der Waals surface area contributed by atoms with E-state index in [1.807, 2.05) is 60.8 Å². The summed E-state index contributed by atoms with van der Waals surface area (Å²) < 4.78 is 1.80. The number of rotatable bonds is 4. The number of anilines is 1. The highest BCUT2D eigenvalue weighted by Gasteiger charge is 2.16. The third-order valence-electron chi connectivity index (χ3n) is 5.16. The average molecular weight is 408 g/mol. The first-order valence-corrected chi connectivity index (χ1v) is 9.69. The topological polar surface area (TPSA) is 105 Å². The molecule has 0 bridgehead atoms. The summed E-state index contributed by atoms with van der Waals surface area (Å²) in [6, 6.07) is 22.0. The Morgan fingerprint density at radius 1 is 0.903 bits per heavy atom. The van der Waals surface area contributed by atoms with Gasteiger partial charge in [0.25, 0.3) is 11.8 Å². The van der Waals surface area contributed by atoms with E-state index in [9.17, 15) is 9.59 Å². The Morgan fingerprint density at radius 3 is 2.52 bits per heavy atom. The van der Waals surface area contributed by atoms with Gasteiger partial charge in [0.05, 0.1) is 22.0 Å². The zero-order valence-electron chi connectivity index (χ0n) is 16.4. The fourth-order valence-electron chi connectivity index (χ4n) is 3.64. The van der Waals surface area contributed by atoms with Gasteiger partial charge in [0, 0.05) is 29.4 Å². The normalized spacial score (nSPS) is 11.0. The standard InChI is InChI=1S/C24H17N5O2/c25-23(30)20-6-3-4-15-14-29(28-22(15)20)17-10-8-16(9-11-17)27-24(31)19-12-13-26-21-7-2-1-5-18(19)21/h1-14H,(H3,25,27,30,31)/p+1. The molecule has 0 radical (unpaired) electrons. The molecule has 31 heavy (non-hydrogen) atoms. The second-order valence-corrected chi connectivity index (χ2v) is 7.12. The third-order valence-corrected chi connectivity index (χ3v) is 5.16. The van der Waals surface area contributed by atoms with Gasteiger partial charge in [0.15, 0.2) is 0 Å². The van der Waals surface area contributed by atoms with Crippen LogP contribution in [0, 0.1) is 0 Å². The summed E-state index contributed by atoms with van der Waals surface area (Å²) in [7, 11) is 0. The lowest BCUT2D eigenvalue weighted by Gasteiger charge is -2.07. The number of aromatic nitrogens is 3. The lowest BCUT2D eigenvalue weighted by Crippen LogP contribution is -2.31. The molecule has 0 aliphatic rings. The first-order valence-electron chi connectivity index (χ1n) is 9.69. The molecule has 0 saturated heterocycles. The van der Waals surface area contributed by atoms with Crippen LogP contribution in [0.2, 0.25) is 0 Å². The summed E-state index contributed by atoms with van der Waals surface area (Å²) >= 11 is 0. The van der Waals surface area contributed by atoms with E-state index in [0.717, 1.165) is 22.0 Å². The molecule has 0 fully saturated rings. The van der Waals surface area contributed by atoms with Crippen molar-refractivity contribution in [3.8, 4) is 5.69 Å². The van der Waals surface area contributed by atoms with Gasteiger partial charge in [-0.1, -0.05) is 28.9 Å². The lowest BCUT2D eigenvalue weighted by molar-refractivity contribution is -0.653. The van der Waals surface area contributed by atoms with Gasteiger partial charge in [0.1, 0.15) is 5.52 Å². The number of fused-ring (bicyclic) bond motifs is 2. The van der Waals surface area contributed by atoms with Crippen LogP contribution < -0.4 is 15.7 Å². The largest absolute Gasteiger partial charge is 0.366 e. The Kier molecular flexibility index (Phi) is 4.41. The van der Waals surface area contributed by atoms with Crippen molar-refractivity contribution in [2.24, 2.45) is 5.73 Å². The molecule has 0 saturated carbocycles. The van der Waals surface area contributed by atoms with Crippen LogP contribution in [0.25, 0.3) is 27.5 Å². The molecule has 7 heteroatoms. The number of carbonyl (C=O) groups excluding carboxylic acids is 2. The number of nitrogens with one attached hydrogen (secondary N) is 2. The highest BCUT2D eigenvalue weighted by Crippen LogP contribution is 2.19. The van der Waals surface area contributed by atoms with Gasteiger partial charge < -0.3 is 11.1 Å². The second-order valence-electron chi connectivity index (χ2n) is 7.12. The number of H-pyrrole nitrogens is 1. The van der Waals surface area contributed by atoms with Crippen LogP contribution >= 0.6 is 0 Å². The molecule has 7 nitrogen and oxygen atoms in total. The summed E-state index contributed by atoms with van der Waals surface area (Å²) in [6.45, 7) is 0. The summed E-state index contributed by atoms with van der Waals surface area (Å²) in [5.41, 5.74) is 9.44. The van der Waals surface area contributed by atoms with Gasteiger partial charge in [-0.05, 0) is 36.4 Å². The number of para-hydroxylation sites is 2. The minimum absolute atomic E-state index is 0.198. The van der Waals surface area contributed by atoms with Crippen molar-refractivity contribution >= 4 is 39.3 Å². The van der Waals surface area contributed by atoms with Crippen molar-refractivity contribution in [1.82, 2.24) is 10.1 Å². The van der Waals surface area contributed by atoms with Gasteiger partial charge in [-0.3, -0.25) is 14.6 Å². The van der Waals surface area contributed by atoms with Crippen LogP contribution in [0.3, 0.4) is 0 Å². The lowest BCUT2D eigenvalue weighted by atomic mass is 10.1. The Balaban J connectivity index is 1.41. The molecular weight excluding hydrogens is 390 g/mol. The van der Waals surface area contributed by atoms with E-state index in [-0.39, 0.29) is 5.91 Å². The fraction of sp³-hybridized carbons (Fsp3) is 0. The third kappa shape index (κ3) is 3.38. The molecule has 2 heterocycles. The summed E-state index contributed by atoms with van der Waals surface area (Å²) in [6.07, 6.45) is 3.52. The SMILES string of the molecule is NC(=O)c1cccc2c[n+](-c3ccc(NC(=O)c4ccnc5ccccc45)cc3)[nH]c12. The molecule has 4 N–H and O–H groups in total. The number of primary amides is 1. The summed E-state index contributed by atoms with van der Waals surface area (Å²) in [4.78, 5) is 28.8. The Hall–Kier alpha value is -4.52. The molecule has 5 rings (SSSR count). The van der Waals surface area contributed by atoms with Crippen molar-refractivity contribution in [3.05, 3.63) is 96.3 Å². The van der Waals surface area contributed by atoms with Crippen LogP contribution in [0.4, 0.5) is 5.69 Å². The predicted octanol–water partition coefficient (Wildman–Crippen LogP) is 3.34. The number of hydrogen-bond donors (Lipinski definition) is 3. The van der Waals surface area contributed by atoms with Crippen LogP contribution in [0.15, 0.2) is 85.2 Å². The molecule has 0 atom stereocenters. The van der Waals surface area contributed by atoms with Crippen LogP contribution in [0.1, 0.15) is 20.7 Å². The van der Waals surface area contributed by atoms with Crippen LogP contribution in [-0.4, -0.2) is 21.9 Å². The smallest absolute Gasteiger partial charge is 0.256 e. The van der Waals surface area contributed by atoms with E-state index < -0.39 is 5.91 Å². The van der Waals surface area contributed by atoms with Crippen molar-refractivity contribution in [3.63, 3.8) is 0 Å². The molecule has 2 amide bonds. The molecule has 3 aromatic carbocycles. The van der Waals surface area contributed by atoms with Crippen molar-refractivity contribution in [1.29, 1.82) is 0 Å². The molecule has 0 spiro atoms. The van der Waals surface area contributed by atoms with Crippen molar-refractivity contribution in [2.45, 2.75) is 0 Å². The van der Waals surface area contributed by atoms with E-state index in [1.165, 1.54) is 0 Å². The van der Waals surface area contributed by atoms with E-state index >= 15 is 0 Å². The number of pyridine rings is 1. The Bertz CT molecular complexity index is 1450. The number of nitrogens with zero attached hydrogens (tertiary/aromatic N) is 2. The molecule has 2 aromatic heterocycles. The second kappa shape index (κ2) is 7.38. The minimum atomic E-state index is -0.485. The Morgan fingerprint density at radius 2 is 1.71 bits per heavy atom. The zero-order chi connectivity index (χ0) is 21.4. The molecule has 5 aromatic rings. The van der Waals surface area contributed by atoms with Gasteiger partial charge in [0.2, 0.25) is 11.9 Å².